The lowest BCUT2D eigenvalue weighted by molar-refractivity contribution is -0.111. The van der Waals surface area contributed by atoms with Crippen LogP contribution in [-0.2, 0) is 16.8 Å². The van der Waals surface area contributed by atoms with Crippen LogP contribution in [0.5, 0.6) is 0 Å². The van der Waals surface area contributed by atoms with Gasteiger partial charge in [0.2, 0.25) is 0 Å². The van der Waals surface area contributed by atoms with Gasteiger partial charge in [0.15, 0.2) is 0 Å². The van der Waals surface area contributed by atoms with Gasteiger partial charge in [-0.1, -0.05) is 13.8 Å². The number of aldehydes is 1. The van der Waals surface area contributed by atoms with E-state index in [9.17, 15) is 4.79 Å². The number of nitrogens with zero attached hydrogens (tertiary/aromatic N) is 2. The van der Waals surface area contributed by atoms with Gasteiger partial charge in [-0.15, -0.1) is 0 Å². The molecule has 0 atom stereocenters. The minimum atomic E-state index is -0.470. The van der Waals surface area contributed by atoms with Gasteiger partial charge in [0.1, 0.15) is 6.29 Å². The second-order valence-electron chi connectivity index (χ2n) is 4.66. The molecule has 0 spiro atoms. The zero-order chi connectivity index (χ0) is 10.8. The Labute approximate surface area is 85.1 Å². The molecule has 0 radical (unpaired) electrons. The summed E-state index contributed by atoms with van der Waals surface area (Å²) in [5.74, 6) is 0.571. The number of carbonyl (C=O) groups is 1. The molecule has 3 heteroatoms. The summed E-state index contributed by atoms with van der Waals surface area (Å²) >= 11 is 0. The van der Waals surface area contributed by atoms with Crippen molar-refractivity contribution in [2.45, 2.75) is 39.7 Å². The Morgan fingerprint density at radius 3 is 2.71 bits per heavy atom. The van der Waals surface area contributed by atoms with Crippen molar-refractivity contribution in [3.8, 4) is 0 Å². The van der Waals surface area contributed by atoms with Crippen LogP contribution in [0.4, 0.5) is 0 Å². The van der Waals surface area contributed by atoms with Crippen LogP contribution in [0.2, 0.25) is 0 Å². The predicted molar refractivity (Wildman–Crippen MR) is 56.2 cm³/mol. The van der Waals surface area contributed by atoms with E-state index in [2.05, 4.69) is 18.9 Å². The molecule has 0 bridgehead atoms. The first-order valence-corrected chi connectivity index (χ1v) is 4.96. The molecule has 1 heterocycles. The standard InChI is InChI=1S/C11H18N2O/c1-9(2)7-13-6-5-10(12-13)11(3,4)8-14/h5-6,8-9H,7H2,1-4H3. The fraction of sp³-hybridized carbons (Fsp3) is 0.636. The number of hydrogen-bond donors (Lipinski definition) is 0. The molecule has 0 aliphatic heterocycles. The minimum absolute atomic E-state index is 0.470. The van der Waals surface area contributed by atoms with Crippen LogP contribution in [0.15, 0.2) is 12.3 Å². The van der Waals surface area contributed by atoms with Crippen LogP contribution in [0.25, 0.3) is 0 Å². The molecule has 14 heavy (non-hydrogen) atoms. The minimum Gasteiger partial charge on any atom is -0.302 e. The molecule has 0 saturated heterocycles. The van der Waals surface area contributed by atoms with Gasteiger partial charge in [-0.3, -0.25) is 4.68 Å². The Hall–Kier alpha value is -1.12. The Bertz CT molecular complexity index is 313. The summed E-state index contributed by atoms with van der Waals surface area (Å²) < 4.78 is 1.89. The third kappa shape index (κ3) is 2.44. The second kappa shape index (κ2) is 3.95. The van der Waals surface area contributed by atoms with E-state index in [1.165, 1.54) is 0 Å². The van der Waals surface area contributed by atoms with E-state index >= 15 is 0 Å². The lowest BCUT2D eigenvalue weighted by Crippen LogP contribution is -2.20. The lowest BCUT2D eigenvalue weighted by Gasteiger charge is -2.13. The molecule has 0 aliphatic rings. The number of carbonyl (C=O) groups excluding carboxylic acids is 1. The quantitative estimate of drug-likeness (QED) is 0.687. The Balaban J connectivity index is 2.82. The molecule has 0 aliphatic carbocycles. The molecule has 78 valence electrons. The summed E-state index contributed by atoms with van der Waals surface area (Å²) in [6.45, 7) is 8.94. The van der Waals surface area contributed by atoms with Gasteiger partial charge in [-0.05, 0) is 25.8 Å². The van der Waals surface area contributed by atoms with Crippen LogP contribution in [0.1, 0.15) is 33.4 Å². The zero-order valence-electron chi connectivity index (χ0n) is 9.32. The van der Waals surface area contributed by atoms with E-state index in [0.717, 1.165) is 18.5 Å². The molecule has 0 fully saturated rings. The van der Waals surface area contributed by atoms with Crippen molar-refractivity contribution in [2.75, 3.05) is 0 Å². The molecule has 3 nitrogen and oxygen atoms in total. The second-order valence-corrected chi connectivity index (χ2v) is 4.66. The normalized spacial score (nSPS) is 12.1. The maximum atomic E-state index is 10.8. The summed E-state index contributed by atoms with van der Waals surface area (Å²) in [7, 11) is 0. The predicted octanol–water partition coefficient (Wildman–Crippen LogP) is 2.02. The van der Waals surface area contributed by atoms with E-state index in [-0.39, 0.29) is 0 Å². The van der Waals surface area contributed by atoms with Crippen molar-refractivity contribution in [3.63, 3.8) is 0 Å². The summed E-state index contributed by atoms with van der Waals surface area (Å²) in [6.07, 6.45) is 2.87. The summed E-state index contributed by atoms with van der Waals surface area (Å²) in [4.78, 5) is 10.8. The fourth-order valence-corrected chi connectivity index (χ4v) is 1.24. The van der Waals surface area contributed by atoms with E-state index in [1.807, 2.05) is 30.8 Å². The van der Waals surface area contributed by atoms with E-state index in [0.29, 0.717) is 5.92 Å². The first kappa shape index (κ1) is 11.0. The maximum absolute atomic E-state index is 10.8. The third-order valence-corrected chi connectivity index (χ3v) is 2.15. The Morgan fingerprint density at radius 2 is 2.21 bits per heavy atom. The number of hydrogen-bond acceptors (Lipinski definition) is 2. The van der Waals surface area contributed by atoms with Gasteiger partial charge in [-0.2, -0.15) is 5.10 Å². The van der Waals surface area contributed by atoms with Gasteiger partial charge in [0, 0.05) is 12.7 Å². The van der Waals surface area contributed by atoms with Gasteiger partial charge >= 0.3 is 0 Å². The molecular formula is C11H18N2O. The third-order valence-electron chi connectivity index (χ3n) is 2.15. The highest BCUT2D eigenvalue weighted by Gasteiger charge is 2.22. The molecule has 1 aromatic rings. The van der Waals surface area contributed by atoms with Gasteiger partial charge in [0.05, 0.1) is 11.1 Å². The zero-order valence-corrected chi connectivity index (χ0v) is 9.32. The van der Waals surface area contributed by atoms with Crippen LogP contribution in [0, 0.1) is 5.92 Å². The van der Waals surface area contributed by atoms with Crippen LogP contribution in [0.3, 0.4) is 0 Å². The molecule has 0 aromatic carbocycles. The maximum Gasteiger partial charge on any atom is 0.131 e. The van der Waals surface area contributed by atoms with E-state index in [4.69, 9.17) is 0 Å². The van der Waals surface area contributed by atoms with E-state index in [1.54, 1.807) is 0 Å². The molecule has 1 rings (SSSR count). The molecular weight excluding hydrogens is 176 g/mol. The molecule has 0 unspecified atom stereocenters. The largest absolute Gasteiger partial charge is 0.302 e. The van der Waals surface area contributed by atoms with Crippen molar-refractivity contribution >= 4 is 6.29 Å². The first-order valence-electron chi connectivity index (χ1n) is 4.96. The van der Waals surface area contributed by atoms with E-state index < -0.39 is 5.41 Å². The first-order chi connectivity index (χ1) is 6.45. The number of rotatable bonds is 4. The fourth-order valence-electron chi connectivity index (χ4n) is 1.24. The highest BCUT2D eigenvalue weighted by molar-refractivity contribution is 5.65. The average Bonchev–Trinajstić information content (AvgIpc) is 2.52. The van der Waals surface area contributed by atoms with Crippen molar-refractivity contribution < 1.29 is 4.79 Å². The van der Waals surface area contributed by atoms with Gasteiger partial charge in [-0.25, -0.2) is 0 Å². The Morgan fingerprint density at radius 1 is 1.57 bits per heavy atom. The Kier molecular flexibility index (Phi) is 3.09. The summed E-state index contributed by atoms with van der Waals surface area (Å²) in [5, 5.41) is 4.38. The van der Waals surface area contributed by atoms with Crippen molar-refractivity contribution in [1.29, 1.82) is 0 Å². The van der Waals surface area contributed by atoms with Crippen LogP contribution in [-0.4, -0.2) is 16.1 Å². The van der Waals surface area contributed by atoms with Crippen LogP contribution >= 0.6 is 0 Å². The highest BCUT2D eigenvalue weighted by Crippen LogP contribution is 2.18. The number of aromatic nitrogens is 2. The lowest BCUT2D eigenvalue weighted by atomic mass is 9.92. The molecule has 0 saturated carbocycles. The van der Waals surface area contributed by atoms with Crippen molar-refractivity contribution in [2.24, 2.45) is 5.92 Å². The topological polar surface area (TPSA) is 34.9 Å². The SMILES string of the molecule is CC(C)Cn1ccc(C(C)(C)C=O)n1. The van der Waals surface area contributed by atoms with Crippen molar-refractivity contribution in [1.82, 2.24) is 9.78 Å². The molecule has 0 N–H and O–H groups in total. The monoisotopic (exact) mass is 194 g/mol. The van der Waals surface area contributed by atoms with Crippen LogP contribution < -0.4 is 0 Å². The summed E-state index contributed by atoms with van der Waals surface area (Å²) in [5.41, 5.74) is 0.371. The molecule has 1 aromatic heterocycles. The average molecular weight is 194 g/mol. The molecule has 0 amide bonds. The smallest absolute Gasteiger partial charge is 0.131 e. The highest BCUT2D eigenvalue weighted by atomic mass is 16.1. The van der Waals surface area contributed by atoms with Gasteiger partial charge in [0.25, 0.3) is 0 Å². The van der Waals surface area contributed by atoms with Gasteiger partial charge < -0.3 is 4.79 Å². The summed E-state index contributed by atoms with van der Waals surface area (Å²) in [6, 6.07) is 1.91. The van der Waals surface area contributed by atoms with Crippen molar-refractivity contribution in [3.05, 3.63) is 18.0 Å².